The standard InChI is InChI=1S/C18H29ClN4S/c1-22(2)11-7-10-20-18(24)21-16-14-15(19)8-9-17(16)23-12-5-3-4-6-13-23/h8-9,14H,3-7,10-13H2,1-2H3,(H2,20,21,24). The predicted octanol–water partition coefficient (Wildman–Crippen LogP) is 3.96. The largest absolute Gasteiger partial charge is 0.370 e. The van der Waals surface area contributed by atoms with E-state index in [0.717, 1.165) is 43.3 Å². The third-order valence-electron chi connectivity index (χ3n) is 4.22. The molecule has 1 heterocycles. The van der Waals surface area contributed by atoms with E-state index in [-0.39, 0.29) is 0 Å². The molecule has 0 unspecified atom stereocenters. The fourth-order valence-corrected chi connectivity index (χ4v) is 3.34. The molecule has 1 aliphatic heterocycles. The van der Waals surface area contributed by atoms with Crippen LogP contribution in [0.3, 0.4) is 0 Å². The van der Waals surface area contributed by atoms with Gasteiger partial charge in [-0.1, -0.05) is 24.4 Å². The lowest BCUT2D eigenvalue weighted by molar-refractivity contribution is 0.400. The van der Waals surface area contributed by atoms with Crippen molar-refractivity contribution in [2.24, 2.45) is 0 Å². The van der Waals surface area contributed by atoms with Crippen LogP contribution in [0.15, 0.2) is 18.2 Å². The van der Waals surface area contributed by atoms with Crippen molar-refractivity contribution in [2.75, 3.05) is 50.5 Å². The third-order valence-corrected chi connectivity index (χ3v) is 4.70. The highest BCUT2D eigenvalue weighted by atomic mass is 35.5. The summed E-state index contributed by atoms with van der Waals surface area (Å²) in [5.74, 6) is 0. The highest BCUT2D eigenvalue weighted by molar-refractivity contribution is 7.80. The number of rotatable bonds is 6. The Labute approximate surface area is 156 Å². The smallest absolute Gasteiger partial charge is 0.170 e. The summed E-state index contributed by atoms with van der Waals surface area (Å²) in [4.78, 5) is 4.62. The molecule has 1 fully saturated rings. The fourth-order valence-electron chi connectivity index (χ4n) is 2.96. The molecule has 6 heteroatoms. The monoisotopic (exact) mass is 368 g/mol. The first-order valence-corrected chi connectivity index (χ1v) is 9.59. The van der Waals surface area contributed by atoms with Gasteiger partial charge in [0.2, 0.25) is 0 Å². The van der Waals surface area contributed by atoms with E-state index in [0.29, 0.717) is 5.11 Å². The van der Waals surface area contributed by atoms with Crippen LogP contribution in [0.2, 0.25) is 5.02 Å². The molecule has 0 spiro atoms. The molecule has 1 saturated heterocycles. The quantitative estimate of drug-likeness (QED) is 0.586. The van der Waals surface area contributed by atoms with Crippen LogP contribution in [0.25, 0.3) is 0 Å². The van der Waals surface area contributed by atoms with Crippen LogP contribution in [-0.2, 0) is 0 Å². The van der Waals surface area contributed by atoms with Crippen molar-refractivity contribution in [2.45, 2.75) is 32.1 Å². The van der Waals surface area contributed by atoms with E-state index in [2.05, 4.69) is 40.6 Å². The van der Waals surface area contributed by atoms with Crippen molar-refractivity contribution < 1.29 is 0 Å². The first-order chi connectivity index (χ1) is 11.6. The third kappa shape index (κ3) is 6.46. The Morgan fingerprint density at radius 3 is 2.58 bits per heavy atom. The Balaban J connectivity index is 1.97. The van der Waals surface area contributed by atoms with E-state index in [4.69, 9.17) is 23.8 Å². The van der Waals surface area contributed by atoms with Crippen molar-refractivity contribution in [1.29, 1.82) is 0 Å². The number of nitrogens with zero attached hydrogens (tertiary/aromatic N) is 2. The average Bonchev–Trinajstić information content (AvgIpc) is 2.81. The average molecular weight is 369 g/mol. The molecule has 24 heavy (non-hydrogen) atoms. The molecule has 0 bridgehead atoms. The number of nitrogens with one attached hydrogen (secondary N) is 2. The van der Waals surface area contributed by atoms with Gasteiger partial charge in [-0.05, 0) is 70.3 Å². The summed E-state index contributed by atoms with van der Waals surface area (Å²) < 4.78 is 0. The zero-order valence-corrected chi connectivity index (χ0v) is 16.3. The number of hydrogen-bond acceptors (Lipinski definition) is 3. The molecule has 4 nitrogen and oxygen atoms in total. The SMILES string of the molecule is CN(C)CCCNC(=S)Nc1cc(Cl)ccc1N1CCCCCC1. The van der Waals surface area contributed by atoms with Crippen LogP contribution in [0.4, 0.5) is 11.4 Å². The van der Waals surface area contributed by atoms with E-state index in [1.807, 2.05) is 12.1 Å². The minimum absolute atomic E-state index is 0.659. The molecule has 0 saturated carbocycles. The minimum Gasteiger partial charge on any atom is -0.370 e. The van der Waals surface area contributed by atoms with Crippen LogP contribution in [0.1, 0.15) is 32.1 Å². The Hall–Kier alpha value is -1.04. The molecule has 0 atom stereocenters. The molecule has 2 N–H and O–H groups in total. The van der Waals surface area contributed by atoms with E-state index in [1.54, 1.807) is 0 Å². The highest BCUT2D eigenvalue weighted by Crippen LogP contribution is 2.30. The molecule has 134 valence electrons. The molecule has 0 radical (unpaired) electrons. The van der Waals surface area contributed by atoms with Gasteiger partial charge in [0.25, 0.3) is 0 Å². The van der Waals surface area contributed by atoms with Gasteiger partial charge in [-0.25, -0.2) is 0 Å². The second-order valence-electron chi connectivity index (χ2n) is 6.60. The Bertz CT molecular complexity index is 528. The Morgan fingerprint density at radius 2 is 1.92 bits per heavy atom. The summed E-state index contributed by atoms with van der Waals surface area (Å²) in [5, 5.41) is 8.01. The first-order valence-electron chi connectivity index (χ1n) is 8.80. The number of halogens is 1. The number of benzene rings is 1. The lowest BCUT2D eigenvalue weighted by atomic mass is 10.2. The summed E-state index contributed by atoms with van der Waals surface area (Å²) in [6, 6.07) is 6.03. The highest BCUT2D eigenvalue weighted by Gasteiger charge is 2.14. The van der Waals surface area contributed by atoms with Gasteiger partial charge in [-0.3, -0.25) is 0 Å². The first kappa shape index (κ1) is 19.3. The van der Waals surface area contributed by atoms with Gasteiger partial charge in [-0.2, -0.15) is 0 Å². The van der Waals surface area contributed by atoms with Crippen molar-refractivity contribution in [1.82, 2.24) is 10.2 Å². The van der Waals surface area contributed by atoms with E-state index in [1.165, 1.54) is 31.4 Å². The van der Waals surface area contributed by atoms with Crippen LogP contribution < -0.4 is 15.5 Å². The molecule has 0 amide bonds. The van der Waals surface area contributed by atoms with Gasteiger partial charge >= 0.3 is 0 Å². The summed E-state index contributed by atoms with van der Waals surface area (Å²) in [6.45, 7) is 4.11. The fraction of sp³-hybridized carbons (Fsp3) is 0.611. The molecule has 1 aliphatic rings. The van der Waals surface area contributed by atoms with E-state index < -0.39 is 0 Å². The molecular weight excluding hydrogens is 340 g/mol. The zero-order valence-electron chi connectivity index (χ0n) is 14.8. The topological polar surface area (TPSA) is 30.5 Å². The Kier molecular flexibility index (Phi) is 8.09. The van der Waals surface area contributed by atoms with Crippen LogP contribution in [0, 0.1) is 0 Å². The molecule has 0 aromatic heterocycles. The second kappa shape index (κ2) is 10.1. The molecule has 2 rings (SSSR count). The van der Waals surface area contributed by atoms with Gasteiger partial charge in [0.05, 0.1) is 11.4 Å². The van der Waals surface area contributed by atoms with Crippen LogP contribution >= 0.6 is 23.8 Å². The minimum atomic E-state index is 0.659. The normalized spacial score (nSPS) is 15.2. The maximum atomic E-state index is 6.21. The zero-order chi connectivity index (χ0) is 17.4. The van der Waals surface area contributed by atoms with Crippen molar-refractivity contribution >= 4 is 40.3 Å². The molecule has 1 aromatic carbocycles. The lowest BCUT2D eigenvalue weighted by Crippen LogP contribution is -2.32. The van der Waals surface area contributed by atoms with E-state index >= 15 is 0 Å². The predicted molar refractivity (Wildman–Crippen MR) is 110 cm³/mol. The number of thiocarbonyl (C=S) groups is 1. The number of anilines is 2. The molecule has 1 aromatic rings. The van der Waals surface area contributed by atoms with Crippen LogP contribution in [-0.4, -0.2) is 50.3 Å². The maximum Gasteiger partial charge on any atom is 0.170 e. The number of hydrogen-bond donors (Lipinski definition) is 2. The lowest BCUT2D eigenvalue weighted by Gasteiger charge is -2.26. The van der Waals surface area contributed by atoms with Crippen LogP contribution in [0.5, 0.6) is 0 Å². The van der Waals surface area contributed by atoms with Crippen molar-refractivity contribution in [3.05, 3.63) is 23.2 Å². The summed E-state index contributed by atoms with van der Waals surface area (Å²) in [5.41, 5.74) is 2.19. The second-order valence-corrected chi connectivity index (χ2v) is 7.45. The van der Waals surface area contributed by atoms with Gasteiger partial charge < -0.3 is 20.4 Å². The summed E-state index contributed by atoms with van der Waals surface area (Å²) in [7, 11) is 4.16. The molecule has 0 aliphatic carbocycles. The van der Waals surface area contributed by atoms with Crippen molar-refractivity contribution in [3.8, 4) is 0 Å². The summed E-state index contributed by atoms with van der Waals surface area (Å²) >= 11 is 11.7. The van der Waals surface area contributed by atoms with Crippen molar-refractivity contribution in [3.63, 3.8) is 0 Å². The summed E-state index contributed by atoms with van der Waals surface area (Å²) in [6.07, 6.45) is 6.19. The molecular formula is C18H29ClN4S. The van der Waals surface area contributed by atoms with Gasteiger partial charge in [0.1, 0.15) is 0 Å². The van der Waals surface area contributed by atoms with E-state index in [9.17, 15) is 0 Å². The van der Waals surface area contributed by atoms with Gasteiger partial charge in [0.15, 0.2) is 5.11 Å². The van der Waals surface area contributed by atoms with Gasteiger partial charge in [-0.15, -0.1) is 0 Å². The van der Waals surface area contributed by atoms with Gasteiger partial charge in [0, 0.05) is 24.7 Å². The Morgan fingerprint density at radius 1 is 1.21 bits per heavy atom. The maximum absolute atomic E-state index is 6.21.